The van der Waals surface area contributed by atoms with Crippen molar-refractivity contribution in [3.63, 3.8) is 0 Å². The van der Waals surface area contributed by atoms with Gasteiger partial charge in [-0.15, -0.1) is 0 Å². The number of nitrogens with one attached hydrogen (secondary N) is 2. The minimum absolute atomic E-state index is 0.0310. The maximum Gasteiger partial charge on any atom is 0.309 e. The smallest absolute Gasteiger partial charge is 0.309 e. The molecule has 0 heterocycles. The van der Waals surface area contributed by atoms with Gasteiger partial charge >= 0.3 is 23.8 Å². The highest BCUT2D eigenvalue weighted by Gasteiger charge is 2.37. The molecule has 0 aliphatic rings. The van der Waals surface area contributed by atoms with Gasteiger partial charge in [0.25, 0.3) is 0 Å². The van der Waals surface area contributed by atoms with Gasteiger partial charge < -0.3 is 30.3 Å². The van der Waals surface area contributed by atoms with Gasteiger partial charge in [-0.2, -0.15) is 0 Å². The molecule has 0 spiro atoms. The molecule has 66 heavy (non-hydrogen) atoms. The summed E-state index contributed by atoms with van der Waals surface area (Å²) in [5.74, 6) is -2.01. The molecule has 10 nitrogen and oxygen atoms in total. The molecule has 10 heteroatoms. The van der Waals surface area contributed by atoms with E-state index >= 15 is 0 Å². The van der Waals surface area contributed by atoms with Gasteiger partial charge in [-0.05, 0) is 93.0 Å². The number of phenols is 2. The van der Waals surface area contributed by atoms with Crippen LogP contribution in [0.25, 0.3) is 0 Å². The van der Waals surface area contributed by atoms with Crippen molar-refractivity contribution in [3.8, 4) is 11.5 Å². The lowest BCUT2D eigenvalue weighted by molar-refractivity contribution is -0.145. The fourth-order valence-corrected chi connectivity index (χ4v) is 10.9. The number of phenolic OH excluding ortho intramolecular Hbond substituents is 2. The second-order valence-electron chi connectivity index (χ2n) is 26.5. The van der Waals surface area contributed by atoms with Crippen LogP contribution in [0.15, 0.2) is 24.3 Å². The zero-order valence-electron chi connectivity index (χ0n) is 45.1. The lowest BCUT2D eigenvalue weighted by Gasteiger charge is -2.38. The number of hydrogen-bond donors (Lipinski definition) is 4. The van der Waals surface area contributed by atoms with E-state index in [0.717, 1.165) is 59.1 Å². The minimum Gasteiger partial charge on any atom is -0.507 e. The summed E-state index contributed by atoms with van der Waals surface area (Å²) in [5.41, 5.74) is 4.23. The minimum atomic E-state index is -0.889. The van der Waals surface area contributed by atoms with Gasteiger partial charge in [-0.1, -0.05) is 163 Å². The summed E-state index contributed by atoms with van der Waals surface area (Å²) in [6, 6.07) is 8.10. The highest BCUT2D eigenvalue weighted by Crippen LogP contribution is 2.49. The van der Waals surface area contributed by atoms with Gasteiger partial charge in [0, 0.05) is 35.1 Å². The molecule has 374 valence electrons. The molecule has 0 unspecified atom stereocenters. The third kappa shape index (κ3) is 19.3. The Balaban J connectivity index is 1.95. The molecule has 0 saturated carbocycles. The standard InChI is InChI=1S/C56H92N2O8/c1-49(2,3)33-53(13,14)39-29-37(30-40(45(39)61)54(15,16)34-50(4,5)6)21-23-43(59)65-27-25-57-47(63)48(64)58-26-28-66-44(60)24-22-38-31-41(55(17,18)35-51(7,8)9)46(62)42(32-38)56(19,20)36-52(10,11)12/h29-32,61-62H,21-28,33-36H2,1-20H3,(H,57,63)(H,58,64). The molecule has 0 bridgehead atoms. The quantitative estimate of drug-likeness (QED) is 0.0582. The predicted molar refractivity (Wildman–Crippen MR) is 269 cm³/mol. The van der Waals surface area contributed by atoms with Crippen LogP contribution in [-0.4, -0.2) is 60.3 Å². The second-order valence-corrected chi connectivity index (χ2v) is 26.5. The number of amides is 2. The second kappa shape index (κ2) is 21.9. The summed E-state index contributed by atoms with van der Waals surface area (Å²) < 4.78 is 10.8. The maximum atomic E-state index is 12.9. The van der Waals surface area contributed by atoms with Crippen LogP contribution in [0, 0.1) is 21.7 Å². The molecule has 0 radical (unpaired) electrons. The number of benzene rings is 2. The fourth-order valence-electron chi connectivity index (χ4n) is 10.9. The first kappa shape index (κ1) is 58.0. The van der Waals surface area contributed by atoms with Crippen molar-refractivity contribution in [1.29, 1.82) is 0 Å². The Morgan fingerprint density at radius 3 is 0.864 bits per heavy atom. The van der Waals surface area contributed by atoms with E-state index in [1.54, 1.807) is 0 Å². The van der Waals surface area contributed by atoms with Gasteiger partial charge in [0.15, 0.2) is 0 Å². The summed E-state index contributed by atoms with van der Waals surface area (Å²) in [7, 11) is 0. The van der Waals surface area contributed by atoms with Crippen LogP contribution in [0.1, 0.15) is 210 Å². The average Bonchev–Trinajstić information content (AvgIpc) is 3.09. The van der Waals surface area contributed by atoms with E-state index in [0.29, 0.717) is 24.3 Å². The Morgan fingerprint density at radius 2 is 0.652 bits per heavy atom. The number of hydrogen-bond acceptors (Lipinski definition) is 8. The monoisotopic (exact) mass is 921 g/mol. The van der Waals surface area contributed by atoms with Crippen molar-refractivity contribution in [2.45, 2.75) is 212 Å². The van der Waals surface area contributed by atoms with Gasteiger partial charge in [-0.3, -0.25) is 19.2 Å². The number of carbonyl (C=O) groups is 4. The van der Waals surface area contributed by atoms with Crippen molar-refractivity contribution in [2.24, 2.45) is 21.7 Å². The topological polar surface area (TPSA) is 151 Å². The molecule has 2 aromatic carbocycles. The first-order chi connectivity index (χ1) is 29.6. The highest BCUT2D eigenvalue weighted by molar-refractivity contribution is 6.35. The van der Waals surface area contributed by atoms with Crippen LogP contribution in [0.4, 0.5) is 0 Å². The normalized spacial score (nSPS) is 13.3. The summed E-state index contributed by atoms with van der Waals surface area (Å²) >= 11 is 0. The molecule has 2 rings (SSSR count). The molecular formula is C56H92N2O8. The molecule has 0 fully saturated rings. The van der Waals surface area contributed by atoms with E-state index in [4.69, 9.17) is 9.47 Å². The first-order valence-corrected chi connectivity index (χ1v) is 24.3. The molecule has 0 aliphatic heterocycles. The molecule has 2 aromatic rings. The SMILES string of the molecule is CC(C)(C)CC(C)(C)c1cc(CCC(=O)OCCNC(=O)C(=O)NCCOC(=O)CCc2cc(C(C)(C)CC(C)(C)C)c(O)c(C(C)(C)CC(C)(C)C)c2)cc(C(C)(C)CC(C)(C)C)c1O. The van der Waals surface area contributed by atoms with Gasteiger partial charge in [-0.25, -0.2) is 0 Å². The first-order valence-electron chi connectivity index (χ1n) is 24.3. The number of esters is 2. The van der Waals surface area contributed by atoms with Crippen LogP contribution >= 0.6 is 0 Å². The molecule has 4 N–H and O–H groups in total. The molecule has 0 aliphatic carbocycles. The lowest BCUT2D eigenvalue weighted by atomic mass is 9.67. The van der Waals surface area contributed by atoms with E-state index in [-0.39, 0.29) is 82.5 Å². The van der Waals surface area contributed by atoms with E-state index in [9.17, 15) is 29.4 Å². The van der Waals surface area contributed by atoms with Gasteiger partial charge in [0.05, 0.1) is 13.1 Å². The van der Waals surface area contributed by atoms with E-state index in [2.05, 4.69) is 149 Å². The zero-order valence-corrected chi connectivity index (χ0v) is 45.1. The van der Waals surface area contributed by atoms with Crippen molar-refractivity contribution in [1.82, 2.24) is 10.6 Å². The van der Waals surface area contributed by atoms with Crippen LogP contribution in [0.2, 0.25) is 0 Å². The average molecular weight is 921 g/mol. The molecule has 0 saturated heterocycles. The number of ether oxygens (including phenoxy) is 2. The molecule has 0 aromatic heterocycles. The molecule has 0 atom stereocenters. The number of aryl methyl sites for hydroxylation is 2. The Hall–Kier alpha value is -4.08. The van der Waals surface area contributed by atoms with Crippen LogP contribution in [-0.2, 0) is 63.2 Å². The van der Waals surface area contributed by atoms with E-state index in [1.807, 2.05) is 24.3 Å². The van der Waals surface area contributed by atoms with Gasteiger partial charge in [0.1, 0.15) is 24.7 Å². The van der Waals surface area contributed by atoms with Crippen LogP contribution in [0.5, 0.6) is 11.5 Å². The maximum absolute atomic E-state index is 12.9. The summed E-state index contributed by atoms with van der Waals surface area (Å²) in [6.45, 7) is 43.3. The van der Waals surface area contributed by atoms with Crippen molar-refractivity contribution < 1.29 is 38.9 Å². The summed E-state index contributed by atoms with van der Waals surface area (Å²) in [5, 5.41) is 28.4. The fraction of sp³-hybridized carbons (Fsp3) is 0.714. The Morgan fingerprint density at radius 1 is 0.424 bits per heavy atom. The number of rotatable bonds is 20. The van der Waals surface area contributed by atoms with Crippen molar-refractivity contribution in [2.75, 3.05) is 26.3 Å². The summed E-state index contributed by atoms with van der Waals surface area (Å²) in [4.78, 5) is 50.7. The van der Waals surface area contributed by atoms with E-state index < -0.39 is 23.8 Å². The molecular weight excluding hydrogens is 829 g/mol. The third-order valence-electron chi connectivity index (χ3n) is 11.9. The van der Waals surface area contributed by atoms with Crippen molar-refractivity contribution in [3.05, 3.63) is 57.6 Å². The molecule has 2 amide bonds. The Kier molecular flexibility index (Phi) is 19.3. The summed E-state index contributed by atoms with van der Waals surface area (Å²) in [6.07, 6.45) is 4.47. The third-order valence-corrected chi connectivity index (χ3v) is 11.9. The van der Waals surface area contributed by atoms with Crippen LogP contribution < -0.4 is 10.6 Å². The Bertz CT molecular complexity index is 1750. The zero-order chi connectivity index (χ0) is 51.1. The van der Waals surface area contributed by atoms with Gasteiger partial charge in [0.2, 0.25) is 0 Å². The highest BCUT2D eigenvalue weighted by atomic mass is 16.5. The number of carbonyl (C=O) groups excluding carboxylic acids is 4. The number of aromatic hydroxyl groups is 2. The lowest BCUT2D eigenvalue weighted by Crippen LogP contribution is -2.42. The Labute approximate surface area is 400 Å². The largest absolute Gasteiger partial charge is 0.507 e. The van der Waals surface area contributed by atoms with Crippen LogP contribution in [0.3, 0.4) is 0 Å². The van der Waals surface area contributed by atoms with Crippen molar-refractivity contribution >= 4 is 23.8 Å². The predicted octanol–water partition coefficient (Wildman–Crippen LogP) is 11.8. The van der Waals surface area contributed by atoms with E-state index in [1.165, 1.54) is 0 Å².